The van der Waals surface area contributed by atoms with E-state index in [-0.39, 0.29) is 23.7 Å². The number of urea groups is 1. The second kappa shape index (κ2) is 8.11. The molecule has 1 aromatic heterocycles. The van der Waals surface area contributed by atoms with Gasteiger partial charge in [-0.2, -0.15) is 0 Å². The van der Waals surface area contributed by atoms with E-state index in [1.54, 1.807) is 16.2 Å². The summed E-state index contributed by atoms with van der Waals surface area (Å²) < 4.78 is 12.9. The SMILES string of the molecule is O=C(NCc1cccs1)[C@H]1CCCN(C(=O)Nc2ccc(F)cc2)C1. The third-order valence-corrected chi connectivity index (χ3v) is 5.07. The second-order valence-electron chi connectivity index (χ2n) is 6.02. The molecule has 0 unspecified atom stereocenters. The fourth-order valence-corrected chi connectivity index (χ4v) is 3.49. The number of piperidine rings is 1. The van der Waals surface area contributed by atoms with E-state index in [2.05, 4.69) is 10.6 Å². The first-order chi connectivity index (χ1) is 12.1. The van der Waals surface area contributed by atoms with E-state index in [1.165, 1.54) is 24.3 Å². The maximum atomic E-state index is 12.9. The van der Waals surface area contributed by atoms with Gasteiger partial charge in [0.25, 0.3) is 0 Å². The van der Waals surface area contributed by atoms with E-state index < -0.39 is 0 Å². The minimum absolute atomic E-state index is 0.0207. The van der Waals surface area contributed by atoms with Gasteiger partial charge < -0.3 is 15.5 Å². The maximum Gasteiger partial charge on any atom is 0.321 e. The van der Waals surface area contributed by atoms with Crippen molar-refractivity contribution in [2.24, 2.45) is 5.92 Å². The van der Waals surface area contributed by atoms with Crippen molar-refractivity contribution in [3.05, 3.63) is 52.5 Å². The Balaban J connectivity index is 1.52. The van der Waals surface area contributed by atoms with Gasteiger partial charge in [0.15, 0.2) is 0 Å². The number of anilines is 1. The van der Waals surface area contributed by atoms with Gasteiger partial charge in [0.1, 0.15) is 5.82 Å². The molecule has 1 atom stereocenters. The zero-order valence-electron chi connectivity index (χ0n) is 13.7. The molecule has 1 aromatic carbocycles. The van der Waals surface area contributed by atoms with Gasteiger partial charge in [-0.15, -0.1) is 11.3 Å². The van der Waals surface area contributed by atoms with Crippen LogP contribution in [0.5, 0.6) is 0 Å². The van der Waals surface area contributed by atoms with Crippen LogP contribution in [0.25, 0.3) is 0 Å². The van der Waals surface area contributed by atoms with Crippen molar-refractivity contribution in [1.82, 2.24) is 10.2 Å². The van der Waals surface area contributed by atoms with E-state index in [0.29, 0.717) is 25.3 Å². The van der Waals surface area contributed by atoms with E-state index >= 15 is 0 Å². The summed E-state index contributed by atoms with van der Waals surface area (Å²) in [6, 6.07) is 9.30. The molecule has 0 spiro atoms. The summed E-state index contributed by atoms with van der Waals surface area (Å²) in [4.78, 5) is 27.5. The van der Waals surface area contributed by atoms with Gasteiger partial charge >= 0.3 is 6.03 Å². The fraction of sp³-hybridized carbons (Fsp3) is 0.333. The Bertz CT molecular complexity index is 718. The molecule has 0 aliphatic carbocycles. The predicted octanol–water partition coefficient (Wildman–Crippen LogP) is 3.45. The zero-order valence-corrected chi connectivity index (χ0v) is 14.5. The fourth-order valence-electron chi connectivity index (χ4n) is 2.84. The summed E-state index contributed by atoms with van der Waals surface area (Å²) in [5.41, 5.74) is 0.538. The predicted molar refractivity (Wildman–Crippen MR) is 95.9 cm³/mol. The van der Waals surface area contributed by atoms with Gasteiger partial charge in [0, 0.05) is 23.7 Å². The Morgan fingerprint density at radius 3 is 2.76 bits per heavy atom. The third-order valence-electron chi connectivity index (χ3n) is 4.19. The standard InChI is InChI=1S/C18H20FN3O2S/c19-14-5-7-15(8-6-14)21-18(24)22-9-1-3-13(12-22)17(23)20-11-16-4-2-10-25-16/h2,4-8,10,13H,1,3,9,11-12H2,(H,20,23)(H,21,24)/t13-/m0/s1. The first-order valence-corrected chi connectivity index (χ1v) is 9.11. The number of benzene rings is 1. The second-order valence-corrected chi connectivity index (χ2v) is 7.05. The summed E-state index contributed by atoms with van der Waals surface area (Å²) >= 11 is 1.60. The number of likely N-dealkylation sites (tertiary alicyclic amines) is 1. The van der Waals surface area contributed by atoms with Crippen LogP contribution in [0.4, 0.5) is 14.9 Å². The van der Waals surface area contributed by atoms with Gasteiger partial charge in [0.05, 0.1) is 12.5 Å². The molecule has 0 saturated carbocycles. The number of nitrogens with zero attached hydrogens (tertiary/aromatic N) is 1. The van der Waals surface area contributed by atoms with Gasteiger partial charge in [-0.1, -0.05) is 6.07 Å². The molecule has 1 aliphatic rings. The average molecular weight is 361 g/mol. The number of carbonyl (C=O) groups excluding carboxylic acids is 2. The normalized spacial score (nSPS) is 17.2. The quantitative estimate of drug-likeness (QED) is 0.876. The van der Waals surface area contributed by atoms with E-state index in [0.717, 1.165) is 17.7 Å². The number of halogens is 1. The molecule has 132 valence electrons. The van der Waals surface area contributed by atoms with Crippen LogP contribution >= 0.6 is 11.3 Å². The first-order valence-electron chi connectivity index (χ1n) is 8.23. The van der Waals surface area contributed by atoms with Crippen molar-refractivity contribution >= 4 is 29.0 Å². The molecule has 3 amide bonds. The number of carbonyl (C=O) groups is 2. The number of amides is 3. The highest BCUT2D eigenvalue weighted by atomic mass is 32.1. The molecular weight excluding hydrogens is 341 g/mol. The van der Waals surface area contributed by atoms with Crippen LogP contribution in [-0.2, 0) is 11.3 Å². The molecule has 7 heteroatoms. The maximum absolute atomic E-state index is 12.9. The molecule has 2 aromatic rings. The lowest BCUT2D eigenvalue weighted by molar-refractivity contribution is -0.126. The van der Waals surface area contributed by atoms with Gasteiger partial charge in [-0.25, -0.2) is 9.18 Å². The van der Waals surface area contributed by atoms with Crippen LogP contribution < -0.4 is 10.6 Å². The van der Waals surface area contributed by atoms with Crippen LogP contribution in [0.2, 0.25) is 0 Å². The van der Waals surface area contributed by atoms with Crippen molar-refractivity contribution in [1.29, 1.82) is 0 Å². The monoisotopic (exact) mass is 361 g/mol. The Morgan fingerprint density at radius 1 is 1.24 bits per heavy atom. The lowest BCUT2D eigenvalue weighted by atomic mass is 9.97. The molecule has 25 heavy (non-hydrogen) atoms. The molecule has 2 heterocycles. The molecular formula is C18H20FN3O2S. The molecule has 1 saturated heterocycles. The summed E-state index contributed by atoms with van der Waals surface area (Å²) in [6.07, 6.45) is 1.56. The Hall–Kier alpha value is -2.41. The number of hydrogen-bond acceptors (Lipinski definition) is 3. The van der Waals surface area contributed by atoms with E-state index in [4.69, 9.17) is 0 Å². The smallest absolute Gasteiger partial charge is 0.321 e. The lowest BCUT2D eigenvalue weighted by Crippen LogP contribution is -2.46. The molecule has 1 fully saturated rings. The number of thiophene rings is 1. The minimum Gasteiger partial charge on any atom is -0.351 e. The Labute approximate surface area is 149 Å². The van der Waals surface area contributed by atoms with Crippen LogP contribution in [0, 0.1) is 11.7 Å². The van der Waals surface area contributed by atoms with Crippen molar-refractivity contribution in [3.63, 3.8) is 0 Å². The van der Waals surface area contributed by atoms with E-state index in [9.17, 15) is 14.0 Å². The molecule has 1 aliphatic heterocycles. The van der Waals surface area contributed by atoms with Gasteiger partial charge in [-0.05, 0) is 48.6 Å². The third kappa shape index (κ3) is 4.79. The highest BCUT2D eigenvalue weighted by Gasteiger charge is 2.28. The molecule has 5 nitrogen and oxygen atoms in total. The van der Waals surface area contributed by atoms with Crippen LogP contribution in [0.1, 0.15) is 17.7 Å². The Morgan fingerprint density at radius 2 is 2.04 bits per heavy atom. The van der Waals surface area contributed by atoms with Crippen molar-refractivity contribution in [2.75, 3.05) is 18.4 Å². The summed E-state index contributed by atoms with van der Waals surface area (Å²) in [5, 5.41) is 7.66. The van der Waals surface area contributed by atoms with Crippen molar-refractivity contribution < 1.29 is 14.0 Å². The zero-order chi connectivity index (χ0) is 17.6. The van der Waals surface area contributed by atoms with Crippen LogP contribution in [0.15, 0.2) is 41.8 Å². The lowest BCUT2D eigenvalue weighted by Gasteiger charge is -2.32. The molecule has 2 N–H and O–H groups in total. The number of nitrogens with one attached hydrogen (secondary N) is 2. The minimum atomic E-state index is -0.349. The summed E-state index contributed by atoms with van der Waals surface area (Å²) in [5.74, 6) is -0.571. The Kier molecular flexibility index (Phi) is 5.65. The van der Waals surface area contributed by atoms with Crippen molar-refractivity contribution in [3.8, 4) is 0 Å². The van der Waals surface area contributed by atoms with Crippen LogP contribution in [0.3, 0.4) is 0 Å². The number of rotatable bonds is 4. The van der Waals surface area contributed by atoms with E-state index in [1.807, 2.05) is 17.5 Å². The highest BCUT2D eigenvalue weighted by molar-refractivity contribution is 7.09. The molecule has 3 rings (SSSR count). The van der Waals surface area contributed by atoms with Gasteiger partial charge in [-0.3, -0.25) is 4.79 Å². The topological polar surface area (TPSA) is 61.4 Å². The largest absolute Gasteiger partial charge is 0.351 e. The first kappa shape index (κ1) is 17.4. The highest BCUT2D eigenvalue weighted by Crippen LogP contribution is 2.19. The van der Waals surface area contributed by atoms with Crippen molar-refractivity contribution in [2.45, 2.75) is 19.4 Å². The van der Waals surface area contributed by atoms with Gasteiger partial charge in [0.2, 0.25) is 5.91 Å². The average Bonchev–Trinajstić information content (AvgIpc) is 3.15. The summed E-state index contributed by atoms with van der Waals surface area (Å²) in [7, 11) is 0. The molecule has 0 radical (unpaired) electrons. The number of hydrogen-bond donors (Lipinski definition) is 2. The summed E-state index contributed by atoms with van der Waals surface area (Å²) in [6.45, 7) is 1.53. The van der Waals surface area contributed by atoms with Crippen LogP contribution in [-0.4, -0.2) is 29.9 Å². The molecule has 0 bridgehead atoms.